The summed E-state index contributed by atoms with van der Waals surface area (Å²) in [5.41, 5.74) is 0.921. The van der Waals surface area contributed by atoms with E-state index in [0.717, 1.165) is 37.5 Å². The lowest BCUT2D eigenvalue weighted by atomic mass is 9.82. The number of nitrogens with zero attached hydrogens (tertiary/aromatic N) is 2. The molecule has 1 aliphatic rings. The van der Waals surface area contributed by atoms with Gasteiger partial charge in [0.05, 0.1) is 5.41 Å². The quantitative estimate of drug-likeness (QED) is 0.815. The summed E-state index contributed by atoms with van der Waals surface area (Å²) in [7, 11) is 0. The van der Waals surface area contributed by atoms with Gasteiger partial charge in [0, 0.05) is 18.8 Å². The van der Waals surface area contributed by atoms with Crippen LogP contribution in [0.25, 0.3) is 11.5 Å². The van der Waals surface area contributed by atoms with Crippen LogP contribution in [0, 0.1) is 0 Å². The highest BCUT2D eigenvalue weighted by molar-refractivity contribution is 5.51. The van der Waals surface area contributed by atoms with Gasteiger partial charge >= 0.3 is 0 Å². The van der Waals surface area contributed by atoms with Gasteiger partial charge in [-0.05, 0) is 25.0 Å². The summed E-state index contributed by atoms with van der Waals surface area (Å²) in [5.74, 6) is 1.32. The molecule has 2 aromatic rings. The minimum absolute atomic E-state index is 0.0434. The molecule has 0 radical (unpaired) electrons. The van der Waals surface area contributed by atoms with Crippen molar-refractivity contribution in [2.45, 2.75) is 25.2 Å². The first kappa shape index (κ1) is 11.4. The van der Waals surface area contributed by atoms with Crippen molar-refractivity contribution in [3.05, 3.63) is 36.2 Å². The van der Waals surface area contributed by atoms with Crippen molar-refractivity contribution in [3.8, 4) is 11.5 Å². The third-order valence-corrected chi connectivity index (χ3v) is 3.56. The Morgan fingerprint density at radius 2 is 1.78 bits per heavy atom. The molecule has 0 unspecified atom stereocenters. The van der Waals surface area contributed by atoms with Crippen molar-refractivity contribution in [2.24, 2.45) is 0 Å². The number of aromatic nitrogens is 2. The predicted molar refractivity (Wildman–Crippen MR) is 67.1 cm³/mol. The molecule has 4 heteroatoms. The molecule has 0 bridgehead atoms. The van der Waals surface area contributed by atoms with E-state index in [0.29, 0.717) is 5.89 Å². The van der Waals surface area contributed by atoms with Crippen LogP contribution < -0.4 is 0 Å². The van der Waals surface area contributed by atoms with Gasteiger partial charge in [-0.2, -0.15) is 0 Å². The first-order valence-corrected chi connectivity index (χ1v) is 6.25. The summed E-state index contributed by atoms with van der Waals surface area (Å²) >= 11 is 0. The summed E-state index contributed by atoms with van der Waals surface area (Å²) in [6, 6.07) is 9.86. The Bertz CT molecular complexity index is 516. The van der Waals surface area contributed by atoms with Crippen LogP contribution in [0.15, 0.2) is 34.7 Å². The molecule has 0 spiro atoms. The molecule has 0 N–H and O–H groups in total. The highest BCUT2D eigenvalue weighted by Gasteiger charge is 2.34. The fourth-order valence-corrected chi connectivity index (χ4v) is 2.20. The number of hydrogen-bond acceptors (Lipinski definition) is 4. The molecule has 0 aliphatic carbocycles. The summed E-state index contributed by atoms with van der Waals surface area (Å²) in [6.07, 6.45) is 1.87. The topological polar surface area (TPSA) is 48.2 Å². The Morgan fingerprint density at radius 1 is 1.06 bits per heavy atom. The lowest BCUT2D eigenvalue weighted by Gasteiger charge is -2.29. The van der Waals surface area contributed by atoms with Crippen LogP contribution in [0.3, 0.4) is 0 Å². The van der Waals surface area contributed by atoms with E-state index in [1.807, 2.05) is 30.3 Å². The van der Waals surface area contributed by atoms with Gasteiger partial charge in [-0.1, -0.05) is 25.1 Å². The first-order valence-electron chi connectivity index (χ1n) is 6.25. The normalized spacial score (nSPS) is 18.7. The maximum atomic E-state index is 5.83. The first-order chi connectivity index (χ1) is 8.78. The standard InChI is InChI=1S/C14H16N2O2/c1-14(7-9-17-10-8-14)13-16-15-12(18-13)11-5-3-2-4-6-11/h2-6H,7-10H2,1H3. The van der Waals surface area contributed by atoms with Crippen molar-refractivity contribution in [1.82, 2.24) is 10.2 Å². The van der Waals surface area contributed by atoms with E-state index in [1.165, 1.54) is 0 Å². The molecule has 18 heavy (non-hydrogen) atoms. The highest BCUT2D eigenvalue weighted by atomic mass is 16.5. The molecule has 4 nitrogen and oxygen atoms in total. The molecule has 2 heterocycles. The molecule has 1 aliphatic heterocycles. The van der Waals surface area contributed by atoms with Gasteiger partial charge < -0.3 is 9.15 Å². The predicted octanol–water partition coefficient (Wildman–Crippen LogP) is 2.80. The average molecular weight is 244 g/mol. The van der Waals surface area contributed by atoms with Crippen molar-refractivity contribution < 1.29 is 9.15 Å². The zero-order valence-corrected chi connectivity index (χ0v) is 10.4. The molecule has 1 aromatic carbocycles. The molecular weight excluding hydrogens is 228 g/mol. The largest absolute Gasteiger partial charge is 0.420 e. The van der Waals surface area contributed by atoms with Crippen molar-refractivity contribution >= 4 is 0 Å². The maximum absolute atomic E-state index is 5.83. The van der Waals surface area contributed by atoms with Crippen molar-refractivity contribution in [2.75, 3.05) is 13.2 Å². The van der Waals surface area contributed by atoms with E-state index in [-0.39, 0.29) is 5.41 Å². The number of rotatable bonds is 2. The monoisotopic (exact) mass is 244 g/mol. The van der Waals surface area contributed by atoms with Crippen LogP contribution in [0.4, 0.5) is 0 Å². The molecule has 0 amide bonds. The van der Waals surface area contributed by atoms with Gasteiger partial charge in [-0.15, -0.1) is 10.2 Å². The fraction of sp³-hybridized carbons (Fsp3) is 0.429. The zero-order valence-electron chi connectivity index (χ0n) is 10.4. The lowest BCUT2D eigenvalue weighted by molar-refractivity contribution is 0.0471. The second kappa shape index (κ2) is 4.53. The molecule has 1 saturated heterocycles. The lowest BCUT2D eigenvalue weighted by Crippen LogP contribution is -2.30. The smallest absolute Gasteiger partial charge is 0.247 e. The SMILES string of the molecule is CC1(c2nnc(-c3ccccc3)o2)CCOCC1. The van der Waals surface area contributed by atoms with E-state index < -0.39 is 0 Å². The highest BCUT2D eigenvalue weighted by Crippen LogP contribution is 2.34. The molecule has 0 atom stereocenters. The van der Waals surface area contributed by atoms with E-state index in [9.17, 15) is 0 Å². The van der Waals surface area contributed by atoms with Crippen LogP contribution in [0.5, 0.6) is 0 Å². The zero-order chi connectivity index (χ0) is 12.4. The summed E-state index contributed by atoms with van der Waals surface area (Å²) in [5, 5.41) is 8.37. The summed E-state index contributed by atoms with van der Waals surface area (Å²) < 4.78 is 11.2. The van der Waals surface area contributed by atoms with Crippen LogP contribution in [0.1, 0.15) is 25.7 Å². The van der Waals surface area contributed by atoms with E-state index >= 15 is 0 Å². The second-order valence-corrected chi connectivity index (χ2v) is 4.95. The molecule has 3 rings (SSSR count). The Labute approximate surface area is 106 Å². The second-order valence-electron chi connectivity index (χ2n) is 4.95. The number of hydrogen-bond donors (Lipinski definition) is 0. The number of benzene rings is 1. The molecular formula is C14H16N2O2. The number of ether oxygens (including phenoxy) is 1. The summed E-state index contributed by atoms with van der Waals surface area (Å²) in [6.45, 7) is 3.69. The fourth-order valence-electron chi connectivity index (χ4n) is 2.20. The van der Waals surface area contributed by atoms with Gasteiger partial charge in [0.2, 0.25) is 11.8 Å². The molecule has 94 valence electrons. The Kier molecular flexibility index (Phi) is 2.88. The van der Waals surface area contributed by atoms with Crippen molar-refractivity contribution in [3.63, 3.8) is 0 Å². The van der Waals surface area contributed by atoms with Gasteiger partial charge in [-0.3, -0.25) is 0 Å². The molecule has 0 saturated carbocycles. The van der Waals surface area contributed by atoms with Crippen LogP contribution in [0.2, 0.25) is 0 Å². The third-order valence-electron chi connectivity index (χ3n) is 3.56. The minimum Gasteiger partial charge on any atom is -0.420 e. The minimum atomic E-state index is -0.0434. The van der Waals surface area contributed by atoms with Gasteiger partial charge in [0.25, 0.3) is 0 Å². The van der Waals surface area contributed by atoms with Gasteiger partial charge in [0.1, 0.15) is 0 Å². The molecule has 1 fully saturated rings. The van der Waals surface area contributed by atoms with Crippen molar-refractivity contribution in [1.29, 1.82) is 0 Å². The Morgan fingerprint density at radius 3 is 2.50 bits per heavy atom. The molecule has 1 aromatic heterocycles. The van der Waals surface area contributed by atoms with Gasteiger partial charge in [0.15, 0.2) is 0 Å². The Hall–Kier alpha value is -1.68. The van der Waals surface area contributed by atoms with E-state index in [2.05, 4.69) is 17.1 Å². The van der Waals surface area contributed by atoms with E-state index in [4.69, 9.17) is 9.15 Å². The van der Waals surface area contributed by atoms with Crippen LogP contribution in [-0.2, 0) is 10.2 Å². The van der Waals surface area contributed by atoms with Crippen LogP contribution in [-0.4, -0.2) is 23.4 Å². The Balaban J connectivity index is 1.89. The average Bonchev–Trinajstić information content (AvgIpc) is 2.91. The maximum Gasteiger partial charge on any atom is 0.247 e. The van der Waals surface area contributed by atoms with Crippen LogP contribution >= 0.6 is 0 Å². The summed E-state index contributed by atoms with van der Waals surface area (Å²) in [4.78, 5) is 0. The van der Waals surface area contributed by atoms with E-state index in [1.54, 1.807) is 0 Å². The third kappa shape index (κ3) is 2.04. The van der Waals surface area contributed by atoms with Gasteiger partial charge in [-0.25, -0.2) is 0 Å².